The van der Waals surface area contributed by atoms with Crippen LogP contribution in [0.5, 0.6) is 0 Å². The highest BCUT2D eigenvalue weighted by Gasteiger charge is 2.45. The molecule has 1 amide bonds. The molecule has 0 aromatic heterocycles. The summed E-state index contributed by atoms with van der Waals surface area (Å²) in [6, 6.07) is 6.48. The van der Waals surface area contributed by atoms with E-state index in [-0.39, 0.29) is 16.7 Å². The van der Waals surface area contributed by atoms with Crippen molar-refractivity contribution in [3.63, 3.8) is 0 Å². The predicted molar refractivity (Wildman–Crippen MR) is 93.3 cm³/mol. The number of ether oxygens (including phenoxy) is 2. The molecular formula is C18H26N2O5. The number of aryl methyl sites for hydroxylation is 1. The Kier molecular flexibility index (Phi) is 5.37. The molecule has 1 aromatic carbocycles. The maximum Gasteiger partial charge on any atom is 0.412 e. The standard InChI is InChI=1S/C18H26N2O5/c1-17(2,3)25-16(21)19-14(12-24-18(19,4)5)11-10-13-8-6-7-9-15(13)20(22)23/h6-9,14H,10-12H2,1-5H3/t14-/m1/s1. The summed E-state index contributed by atoms with van der Waals surface area (Å²) < 4.78 is 11.3. The van der Waals surface area contributed by atoms with Crippen molar-refractivity contribution >= 4 is 11.8 Å². The van der Waals surface area contributed by atoms with Gasteiger partial charge in [0.05, 0.1) is 17.6 Å². The van der Waals surface area contributed by atoms with E-state index in [0.29, 0.717) is 25.0 Å². The minimum atomic E-state index is -0.768. The Balaban J connectivity index is 2.13. The number of carbonyl (C=O) groups is 1. The summed E-state index contributed by atoms with van der Waals surface area (Å²) in [5, 5.41) is 11.1. The minimum Gasteiger partial charge on any atom is -0.444 e. The van der Waals surface area contributed by atoms with E-state index in [1.54, 1.807) is 23.1 Å². The summed E-state index contributed by atoms with van der Waals surface area (Å²) in [7, 11) is 0. The van der Waals surface area contributed by atoms with Crippen molar-refractivity contribution in [1.29, 1.82) is 0 Å². The van der Waals surface area contributed by atoms with Gasteiger partial charge in [0.25, 0.3) is 5.69 Å². The summed E-state index contributed by atoms with van der Waals surface area (Å²) >= 11 is 0. The Morgan fingerprint density at radius 3 is 2.64 bits per heavy atom. The van der Waals surface area contributed by atoms with Crippen molar-refractivity contribution in [3.8, 4) is 0 Å². The zero-order valence-corrected chi connectivity index (χ0v) is 15.4. The van der Waals surface area contributed by atoms with Crippen LogP contribution >= 0.6 is 0 Å². The molecule has 1 aliphatic rings. The Morgan fingerprint density at radius 2 is 2.04 bits per heavy atom. The number of rotatable bonds is 4. The smallest absolute Gasteiger partial charge is 0.412 e. The zero-order chi connectivity index (χ0) is 18.8. The molecule has 1 atom stereocenters. The highest BCUT2D eigenvalue weighted by molar-refractivity contribution is 5.69. The lowest BCUT2D eigenvalue weighted by Gasteiger charge is -2.35. The molecule has 1 aromatic rings. The Hall–Kier alpha value is -2.15. The van der Waals surface area contributed by atoms with Crippen LogP contribution in [0.4, 0.5) is 10.5 Å². The lowest BCUT2D eigenvalue weighted by molar-refractivity contribution is -0.385. The van der Waals surface area contributed by atoms with Crippen molar-refractivity contribution in [2.24, 2.45) is 0 Å². The molecule has 1 fully saturated rings. The fourth-order valence-corrected chi connectivity index (χ4v) is 3.00. The maximum atomic E-state index is 12.6. The molecule has 1 heterocycles. The number of hydrogen-bond donors (Lipinski definition) is 0. The van der Waals surface area contributed by atoms with Gasteiger partial charge in [0.1, 0.15) is 11.3 Å². The molecule has 1 saturated heterocycles. The van der Waals surface area contributed by atoms with E-state index >= 15 is 0 Å². The maximum absolute atomic E-state index is 12.6. The van der Waals surface area contributed by atoms with Crippen LogP contribution in [0.25, 0.3) is 0 Å². The molecule has 138 valence electrons. The van der Waals surface area contributed by atoms with Crippen LogP contribution < -0.4 is 0 Å². The first kappa shape index (κ1) is 19.2. The first-order valence-electron chi connectivity index (χ1n) is 8.40. The number of nitrogens with zero attached hydrogens (tertiary/aromatic N) is 2. The predicted octanol–water partition coefficient (Wildman–Crippen LogP) is 3.90. The second kappa shape index (κ2) is 7.00. The first-order chi connectivity index (χ1) is 11.5. The van der Waals surface area contributed by atoms with E-state index in [4.69, 9.17) is 9.47 Å². The molecule has 25 heavy (non-hydrogen) atoms. The lowest BCUT2D eigenvalue weighted by Crippen LogP contribution is -2.49. The third-order valence-corrected chi connectivity index (χ3v) is 4.10. The SMILES string of the molecule is CC(C)(C)OC(=O)N1[C@H](CCc2ccccc2[N+](=O)[O-])COC1(C)C. The summed E-state index contributed by atoms with van der Waals surface area (Å²) in [5.41, 5.74) is -0.612. The van der Waals surface area contributed by atoms with Gasteiger partial charge in [-0.1, -0.05) is 18.2 Å². The monoisotopic (exact) mass is 350 g/mol. The van der Waals surface area contributed by atoms with Crippen LogP contribution in [0.3, 0.4) is 0 Å². The first-order valence-corrected chi connectivity index (χ1v) is 8.40. The van der Waals surface area contributed by atoms with Gasteiger partial charge in [-0.05, 0) is 47.5 Å². The number of hydrogen-bond acceptors (Lipinski definition) is 5. The van der Waals surface area contributed by atoms with E-state index < -0.39 is 17.4 Å². The van der Waals surface area contributed by atoms with Gasteiger partial charge in [-0.25, -0.2) is 4.79 Å². The van der Waals surface area contributed by atoms with E-state index in [2.05, 4.69) is 0 Å². The molecule has 0 spiro atoms. The Morgan fingerprint density at radius 1 is 1.40 bits per heavy atom. The van der Waals surface area contributed by atoms with Crippen LogP contribution in [0.1, 0.15) is 46.6 Å². The third-order valence-electron chi connectivity index (χ3n) is 4.10. The minimum absolute atomic E-state index is 0.101. The number of benzene rings is 1. The molecule has 0 unspecified atom stereocenters. The zero-order valence-electron chi connectivity index (χ0n) is 15.4. The van der Waals surface area contributed by atoms with E-state index in [9.17, 15) is 14.9 Å². The highest BCUT2D eigenvalue weighted by atomic mass is 16.6. The molecule has 0 N–H and O–H groups in total. The molecule has 2 rings (SSSR count). The average Bonchev–Trinajstić information content (AvgIpc) is 2.78. The fraction of sp³-hybridized carbons (Fsp3) is 0.611. The van der Waals surface area contributed by atoms with Crippen LogP contribution in [-0.2, 0) is 15.9 Å². The lowest BCUT2D eigenvalue weighted by atomic mass is 10.0. The normalized spacial score (nSPS) is 19.7. The van der Waals surface area contributed by atoms with Crippen molar-refractivity contribution in [1.82, 2.24) is 4.90 Å². The van der Waals surface area contributed by atoms with E-state index in [0.717, 1.165) is 0 Å². The van der Waals surface area contributed by atoms with Gasteiger partial charge in [-0.3, -0.25) is 15.0 Å². The van der Waals surface area contributed by atoms with Crippen molar-refractivity contribution in [2.45, 2.75) is 64.8 Å². The fourth-order valence-electron chi connectivity index (χ4n) is 3.00. The van der Waals surface area contributed by atoms with Crippen molar-refractivity contribution < 1.29 is 19.2 Å². The Labute approximate surface area is 148 Å². The molecule has 1 aliphatic heterocycles. The molecule has 7 heteroatoms. The quantitative estimate of drug-likeness (QED) is 0.607. The highest BCUT2D eigenvalue weighted by Crippen LogP contribution is 2.32. The van der Waals surface area contributed by atoms with Crippen molar-refractivity contribution in [2.75, 3.05) is 6.61 Å². The van der Waals surface area contributed by atoms with Crippen LogP contribution in [-0.4, -0.2) is 39.9 Å². The van der Waals surface area contributed by atoms with Crippen LogP contribution in [0.15, 0.2) is 24.3 Å². The molecule has 0 bridgehead atoms. The molecule has 0 radical (unpaired) electrons. The van der Waals surface area contributed by atoms with Crippen LogP contribution in [0, 0.1) is 10.1 Å². The Bertz CT molecular complexity index is 651. The van der Waals surface area contributed by atoms with Gasteiger partial charge in [-0.15, -0.1) is 0 Å². The third kappa shape index (κ3) is 4.69. The van der Waals surface area contributed by atoms with Crippen molar-refractivity contribution in [3.05, 3.63) is 39.9 Å². The van der Waals surface area contributed by atoms with Gasteiger partial charge in [0.2, 0.25) is 0 Å². The number of carbonyl (C=O) groups excluding carboxylic acids is 1. The van der Waals surface area contributed by atoms with E-state index in [1.807, 2.05) is 34.6 Å². The van der Waals surface area contributed by atoms with Gasteiger partial charge >= 0.3 is 6.09 Å². The van der Waals surface area contributed by atoms with Crippen LogP contribution in [0.2, 0.25) is 0 Å². The van der Waals surface area contributed by atoms with E-state index in [1.165, 1.54) is 6.07 Å². The number of nitro groups is 1. The summed E-state index contributed by atoms with van der Waals surface area (Å²) in [5.74, 6) is 0. The average molecular weight is 350 g/mol. The van der Waals surface area contributed by atoms with Gasteiger partial charge < -0.3 is 9.47 Å². The topological polar surface area (TPSA) is 81.9 Å². The second-order valence-corrected chi connectivity index (χ2v) is 7.69. The number of para-hydroxylation sites is 1. The summed E-state index contributed by atoms with van der Waals surface area (Å²) in [4.78, 5) is 25.0. The van der Waals surface area contributed by atoms with Gasteiger partial charge in [-0.2, -0.15) is 0 Å². The number of amides is 1. The molecule has 0 aliphatic carbocycles. The summed E-state index contributed by atoms with van der Waals surface area (Å²) in [6.45, 7) is 9.47. The molecular weight excluding hydrogens is 324 g/mol. The van der Waals surface area contributed by atoms with Gasteiger partial charge in [0.15, 0.2) is 0 Å². The largest absolute Gasteiger partial charge is 0.444 e. The summed E-state index contributed by atoms with van der Waals surface area (Å²) in [6.07, 6.45) is 0.622. The second-order valence-electron chi connectivity index (χ2n) is 7.69. The molecule has 7 nitrogen and oxygen atoms in total. The number of nitro benzene ring substituents is 1. The molecule has 0 saturated carbocycles. The van der Waals surface area contributed by atoms with Gasteiger partial charge in [0, 0.05) is 11.6 Å².